The van der Waals surface area contributed by atoms with Gasteiger partial charge in [-0.25, -0.2) is 12.7 Å². The number of unbranched alkanes of at least 4 members (excludes halogenated alkanes) is 10. The fourth-order valence-corrected chi connectivity index (χ4v) is 3.00. The van der Waals surface area contributed by atoms with Crippen LogP contribution in [0.4, 0.5) is 0 Å². The zero-order chi connectivity index (χ0) is 24.1. The molecule has 0 spiro atoms. The lowest BCUT2D eigenvalue weighted by Gasteiger charge is -2.02. The van der Waals surface area contributed by atoms with Gasteiger partial charge >= 0.3 is 0 Å². The van der Waals surface area contributed by atoms with Crippen molar-refractivity contribution >= 4 is 10.0 Å². The summed E-state index contributed by atoms with van der Waals surface area (Å²) in [6.07, 6.45) is 17.1. The van der Waals surface area contributed by atoms with E-state index in [1.807, 2.05) is 12.1 Å². The molecular weight excluding hydrogens is 414 g/mol. The van der Waals surface area contributed by atoms with E-state index < -0.39 is 10.0 Å². The first kappa shape index (κ1) is 30.4. The normalized spacial score (nSPS) is 10.7. The summed E-state index contributed by atoms with van der Waals surface area (Å²) >= 11 is 0. The van der Waals surface area contributed by atoms with E-state index in [0.29, 0.717) is 0 Å². The van der Waals surface area contributed by atoms with E-state index in [9.17, 15) is 8.42 Å². The van der Waals surface area contributed by atoms with Crippen molar-refractivity contribution in [2.75, 3.05) is 20.4 Å². The van der Waals surface area contributed by atoms with Gasteiger partial charge in [0.1, 0.15) is 0 Å². The van der Waals surface area contributed by atoms with Crippen molar-refractivity contribution in [1.82, 2.24) is 4.31 Å². The first-order chi connectivity index (χ1) is 15.3. The molecule has 0 bridgehead atoms. The van der Waals surface area contributed by atoms with Gasteiger partial charge in [-0.1, -0.05) is 145 Å². The number of hydrogen-bond donors (Lipinski definition) is 0. The van der Waals surface area contributed by atoms with Gasteiger partial charge in [0.25, 0.3) is 0 Å². The van der Waals surface area contributed by atoms with Crippen molar-refractivity contribution in [3.8, 4) is 11.1 Å². The van der Waals surface area contributed by atoms with Gasteiger partial charge in [-0.2, -0.15) is 0 Å². The summed E-state index contributed by atoms with van der Waals surface area (Å²) in [5.41, 5.74) is 2.55. The summed E-state index contributed by atoms with van der Waals surface area (Å²) in [7, 11) is 0.0833. The maximum atomic E-state index is 10.3. The number of hydrogen-bond acceptors (Lipinski definition) is 2. The Morgan fingerprint density at radius 3 is 1.03 bits per heavy atom. The van der Waals surface area contributed by atoms with E-state index in [4.69, 9.17) is 0 Å². The monoisotopic (exact) mass is 461 g/mol. The fourth-order valence-electron chi connectivity index (χ4n) is 3.00. The Morgan fingerprint density at radius 1 is 0.562 bits per heavy atom. The van der Waals surface area contributed by atoms with Crippen LogP contribution in [0.1, 0.15) is 84.5 Å². The van der Waals surface area contributed by atoms with Crippen LogP contribution in [0.15, 0.2) is 60.7 Å². The van der Waals surface area contributed by atoms with Crippen LogP contribution in [0.3, 0.4) is 0 Å². The highest BCUT2D eigenvalue weighted by Crippen LogP contribution is 2.17. The molecule has 0 amide bonds. The molecular formula is C28H47NO2S. The van der Waals surface area contributed by atoms with E-state index in [0.717, 1.165) is 10.6 Å². The van der Waals surface area contributed by atoms with Crippen molar-refractivity contribution in [3.05, 3.63) is 60.7 Å². The summed E-state index contributed by atoms with van der Waals surface area (Å²) < 4.78 is 21.7. The van der Waals surface area contributed by atoms with Crippen LogP contribution in [0.5, 0.6) is 0 Å². The Morgan fingerprint density at radius 2 is 0.812 bits per heavy atom. The van der Waals surface area contributed by atoms with E-state index in [1.165, 1.54) is 95.9 Å². The molecule has 3 nitrogen and oxygen atoms in total. The Labute approximate surface area is 199 Å². The van der Waals surface area contributed by atoms with Gasteiger partial charge in [0, 0.05) is 14.1 Å². The minimum absolute atomic E-state index is 1.16. The van der Waals surface area contributed by atoms with Crippen LogP contribution < -0.4 is 0 Å². The SMILES string of the molecule is CCCCCCCCCCCCC.CN(C)S(C)(=O)=O.c1ccc(-c2ccccc2)cc1. The van der Waals surface area contributed by atoms with Crippen molar-refractivity contribution in [2.24, 2.45) is 0 Å². The Balaban J connectivity index is 0.000000472. The number of sulfonamides is 1. The highest BCUT2D eigenvalue weighted by atomic mass is 32.2. The maximum absolute atomic E-state index is 10.3. The predicted octanol–water partition coefficient (Wildman–Crippen LogP) is 8.18. The second-order valence-corrected chi connectivity index (χ2v) is 10.7. The molecule has 4 heteroatoms. The van der Waals surface area contributed by atoms with Gasteiger partial charge in [-0.15, -0.1) is 0 Å². The molecule has 0 saturated heterocycles. The summed E-state index contributed by atoms with van der Waals surface area (Å²) in [5, 5.41) is 0. The molecule has 2 rings (SSSR count). The van der Waals surface area contributed by atoms with Gasteiger partial charge in [-0.05, 0) is 11.1 Å². The van der Waals surface area contributed by atoms with Crippen molar-refractivity contribution in [2.45, 2.75) is 84.5 Å². The van der Waals surface area contributed by atoms with E-state index >= 15 is 0 Å². The van der Waals surface area contributed by atoms with E-state index in [2.05, 4.69) is 62.4 Å². The third-order valence-corrected chi connectivity index (χ3v) is 6.58. The zero-order valence-corrected chi connectivity index (χ0v) is 22.0. The molecule has 0 aliphatic rings. The maximum Gasteiger partial charge on any atom is 0.210 e. The largest absolute Gasteiger partial charge is 0.213 e. The Kier molecular flexibility index (Phi) is 19.0. The molecule has 0 aliphatic carbocycles. The molecule has 0 fully saturated rings. The lowest BCUT2D eigenvalue weighted by Crippen LogP contribution is -2.19. The van der Waals surface area contributed by atoms with Crippen LogP contribution in [-0.4, -0.2) is 33.1 Å². The topological polar surface area (TPSA) is 37.4 Å². The quantitative estimate of drug-likeness (QED) is 0.299. The molecule has 0 radical (unpaired) electrons. The van der Waals surface area contributed by atoms with Crippen molar-refractivity contribution in [1.29, 1.82) is 0 Å². The second-order valence-electron chi connectivity index (χ2n) is 8.46. The molecule has 2 aromatic carbocycles. The fraction of sp³-hybridized carbons (Fsp3) is 0.571. The van der Waals surface area contributed by atoms with Gasteiger partial charge in [-0.3, -0.25) is 0 Å². The van der Waals surface area contributed by atoms with Crippen molar-refractivity contribution in [3.63, 3.8) is 0 Å². The van der Waals surface area contributed by atoms with Crippen LogP contribution in [0, 0.1) is 0 Å². The molecule has 0 unspecified atom stereocenters. The minimum atomic E-state index is -2.91. The van der Waals surface area contributed by atoms with Crippen molar-refractivity contribution < 1.29 is 8.42 Å². The molecule has 32 heavy (non-hydrogen) atoms. The average molecular weight is 462 g/mol. The molecule has 0 heterocycles. The third-order valence-electron chi connectivity index (χ3n) is 5.25. The summed E-state index contributed by atoms with van der Waals surface area (Å²) in [5.74, 6) is 0. The Bertz CT molecular complexity index is 696. The zero-order valence-electron chi connectivity index (χ0n) is 21.2. The molecule has 182 valence electrons. The first-order valence-corrected chi connectivity index (χ1v) is 14.2. The number of benzene rings is 2. The van der Waals surface area contributed by atoms with Gasteiger partial charge < -0.3 is 0 Å². The number of nitrogens with zero attached hydrogens (tertiary/aromatic N) is 1. The molecule has 2 aromatic rings. The lowest BCUT2D eigenvalue weighted by atomic mass is 10.1. The summed E-state index contributed by atoms with van der Waals surface area (Å²) in [6, 6.07) is 20.8. The third kappa shape index (κ3) is 18.0. The van der Waals surface area contributed by atoms with E-state index in [1.54, 1.807) is 0 Å². The molecule has 0 aliphatic heterocycles. The van der Waals surface area contributed by atoms with Crippen LogP contribution in [0.25, 0.3) is 11.1 Å². The molecule has 0 saturated carbocycles. The van der Waals surface area contributed by atoms with Gasteiger partial charge in [0.15, 0.2) is 0 Å². The highest BCUT2D eigenvalue weighted by Gasteiger charge is 2.01. The van der Waals surface area contributed by atoms with Gasteiger partial charge in [0.2, 0.25) is 10.0 Å². The molecule has 0 atom stereocenters. The first-order valence-electron chi connectivity index (χ1n) is 12.3. The van der Waals surface area contributed by atoms with Crippen LogP contribution in [0.2, 0.25) is 0 Å². The second kappa shape index (κ2) is 20.0. The lowest BCUT2D eigenvalue weighted by molar-refractivity contribution is 0.527. The summed E-state index contributed by atoms with van der Waals surface area (Å²) in [4.78, 5) is 0. The van der Waals surface area contributed by atoms with Crippen LogP contribution in [-0.2, 0) is 10.0 Å². The molecule has 0 N–H and O–H groups in total. The highest BCUT2D eigenvalue weighted by molar-refractivity contribution is 7.88. The molecule has 0 aromatic heterocycles. The standard InChI is InChI=1S/C13H28.C12H10.C3H9NO2S/c1-3-5-7-9-11-13-12-10-8-6-4-2;1-3-7-11(8-4-1)12-9-5-2-6-10-12;1-4(2)7(3,5)6/h3-13H2,1-2H3;1-10H;1-3H3. The summed E-state index contributed by atoms with van der Waals surface area (Å²) in [6.45, 7) is 4.56. The van der Waals surface area contributed by atoms with E-state index in [-0.39, 0.29) is 0 Å². The van der Waals surface area contributed by atoms with Gasteiger partial charge in [0.05, 0.1) is 6.26 Å². The number of rotatable bonds is 12. The average Bonchev–Trinajstić information content (AvgIpc) is 2.79. The van der Waals surface area contributed by atoms with Crippen LogP contribution >= 0.6 is 0 Å². The Hall–Kier alpha value is -1.65. The predicted molar refractivity (Wildman–Crippen MR) is 143 cm³/mol. The minimum Gasteiger partial charge on any atom is -0.213 e. The smallest absolute Gasteiger partial charge is 0.210 e.